The van der Waals surface area contributed by atoms with Gasteiger partial charge in [-0.2, -0.15) is 9.97 Å². The highest BCUT2D eigenvalue weighted by Gasteiger charge is 2.22. The Morgan fingerprint density at radius 1 is 1.17 bits per heavy atom. The lowest BCUT2D eigenvalue weighted by Gasteiger charge is -2.05. The Bertz CT molecular complexity index is 1280. The van der Waals surface area contributed by atoms with Gasteiger partial charge >= 0.3 is 5.69 Å². The molecule has 8 nitrogen and oxygen atoms in total. The lowest BCUT2D eigenvalue weighted by Crippen LogP contribution is -2.28. The van der Waals surface area contributed by atoms with Crippen molar-refractivity contribution < 1.29 is 4.98 Å². The molecule has 0 amide bonds. The van der Waals surface area contributed by atoms with Gasteiger partial charge < -0.3 is 10.3 Å². The number of rotatable bonds is 6. The first-order valence-electron chi connectivity index (χ1n) is 9.56. The predicted molar refractivity (Wildman–Crippen MR) is 120 cm³/mol. The zero-order valence-electron chi connectivity index (χ0n) is 16.7. The number of imidazole rings is 1. The van der Waals surface area contributed by atoms with Gasteiger partial charge in [0.15, 0.2) is 17.0 Å². The van der Waals surface area contributed by atoms with E-state index in [9.17, 15) is 4.79 Å². The fourth-order valence-electron chi connectivity index (χ4n) is 3.58. The number of hydrogen-bond donors (Lipinski definition) is 1. The number of nitrogens with two attached hydrogens (primary N) is 1. The van der Waals surface area contributed by atoms with Crippen LogP contribution in [-0.2, 0) is 19.6 Å². The summed E-state index contributed by atoms with van der Waals surface area (Å²) in [6.07, 6.45) is 6.66. The van der Waals surface area contributed by atoms with E-state index in [1.54, 1.807) is 9.13 Å². The Balaban J connectivity index is 1.77. The Morgan fingerprint density at radius 3 is 2.63 bits per heavy atom. The number of aromatic nitrogens is 6. The summed E-state index contributed by atoms with van der Waals surface area (Å²) in [5.74, 6) is 0.0385. The van der Waals surface area contributed by atoms with Gasteiger partial charge in [-0.3, -0.25) is 9.13 Å². The number of nitrogen functional groups attached to an aromatic ring is 1. The normalized spacial score (nSPS) is 11.5. The molecule has 0 radical (unpaired) electrons. The van der Waals surface area contributed by atoms with E-state index in [0.717, 1.165) is 34.3 Å². The molecule has 4 rings (SSSR count). The zero-order chi connectivity index (χ0) is 21.4. The molecule has 0 saturated heterocycles. The number of H-pyrrole nitrogens is 1. The molecule has 3 N–H and O–H groups in total. The number of hydrogen-bond acceptors (Lipinski definition) is 4. The molecule has 10 heteroatoms. The van der Waals surface area contributed by atoms with Crippen LogP contribution in [0.3, 0.4) is 0 Å². The molecule has 4 aromatic heterocycles. The number of aromatic amines is 1. The smallest absolute Gasteiger partial charge is 0.330 e. The van der Waals surface area contributed by atoms with Gasteiger partial charge in [-0.15, -0.1) is 0 Å². The third-order valence-corrected chi connectivity index (χ3v) is 6.68. The molecule has 0 aliphatic heterocycles. The van der Waals surface area contributed by atoms with Crippen LogP contribution in [0.1, 0.15) is 23.2 Å². The summed E-state index contributed by atoms with van der Waals surface area (Å²) in [4.78, 5) is 25.0. The lowest BCUT2D eigenvalue weighted by molar-refractivity contribution is -0.392. The number of aryl methyl sites for hydroxylation is 3. The van der Waals surface area contributed by atoms with E-state index in [-0.39, 0.29) is 16.8 Å². The minimum atomic E-state index is -0.191. The van der Waals surface area contributed by atoms with Gasteiger partial charge in [-0.05, 0) is 48.3 Å². The molecule has 30 heavy (non-hydrogen) atoms. The molecular formula is C20H22BrClN7O+. The fourth-order valence-corrected chi connectivity index (χ4v) is 4.21. The molecule has 0 fully saturated rings. The lowest BCUT2D eigenvalue weighted by atomic mass is 10.1. The molecular weight excluding hydrogens is 470 g/mol. The monoisotopic (exact) mass is 490 g/mol. The maximum atomic E-state index is 13.3. The first-order chi connectivity index (χ1) is 14.4. The van der Waals surface area contributed by atoms with Gasteiger partial charge in [0.05, 0.1) is 0 Å². The van der Waals surface area contributed by atoms with Crippen LogP contribution < -0.4 is 16.4 Å². The van der Waals surface area contributed by atoms with Gasteiger partial charge in [0.2, 0.25) is 11.6 Å². The summed E-state index contributed by atoms with van der Waals surface area (Å²) >= 11 is 10.00. The van der Waals surface area contributed by atoms with E-state index in [4.69, 9.17) is 17.3 Å². The van der Waals surface area contributed by atoms with Crippen molar-refractivity contribution in [2.75, 3.05) is 5.73 Å². The van der Waals surface area contributed by atoms with Crippen molar-refractivity contribution in [3.63, 3.8) is 0 Å². The van der Waals surface area contributed by atoms with Crippen molar-refractivity contribution in [1.82, 2.24) is 23.7 Å². The number of nitrogens with one attached hydrogen (secondary N) is 1. The quantitative estimate of drug-likeness (QED) is 0.419. The van der Waals surface area contributed by atoms with Crippen molar-refractivity contribution in [3.05, 3.63) is 67.7 Å². The molecule has 0 bridgehead atoms. The maximum Gasteiger partial charge on any atom is 0.330 e. The van der Waals surface area contributed by atoms with Crippen molar-refractivity contribution >= 4 is 44.6 Å². The van der Waals surface area contributed by atoms with E-state index < -0.39 is 0 Å². The summed E-state index contributed by atoms with van der Waals surface area (Å²) in [6.45, 7) is 5.61. The van der Waals surface area contributed by atoms with Gasteiger partial charge in [0.1, 0.15) is 12.1 Å². The molecule has 156 valence electrons. The van der Waals surface area contributed by atoms with E-state index in [2.05, 4.69) is 35.4 Å². The molecule has 0 aromatic carbocycles. The standard InChI is InChI=1S/C20H21BrClN7O/c1-12-10-24-14(13(2)15(12)21)11-29-18-16(17(22)25-19(23)26-18)28(20(29)30)9-5-8-27-6-3-4-7-27/h3-4,6-7,10H,5,8-9,11H2,1-2H3,(H2,23,25,26)/p+1. The maximum absolute atomic E-state index is 13.3. The molecule has 0 aliphatic carbocycles. The fraction of sp³-hybridized carbons (Fsp3) is 0.300. The van der Waals surface area contributed by atoms with Crippen LogP contribution in [0.2, 0.25) is 5.15 Å². The number of fused-ring (bicyclic) bond motifs is 1. The summed E-state index contributed by atoms with van der Waals surface area (Å²) in [5, 5.41) is 0.181. The number of nitrogens with zero attached hydrogens (tertiary/aromatic N) is 5. The summed E-state index contributed by atoms with van der Waals surface area (Å²) in [5.41, 5.74) is 9.60. The van der Waals surface area contributed by atoms with Crippen molar-refractivity contribution in [2.24, 2.45) is 0 Å². The van der Waals surface area contributed by atoms with Crippen molar-refractivity contribution in [1.29, 1.82) is 0 Å². The van der Waals surface area contributed by atoms with Crippen LogP contribution in [0, 0.1) is 13.8 Å². The van der Waals surface area contributed by atoms with Crippen LogP contribution in [0.15, 0.2) is 40.0 Å². The molecule has 0 saturated carbocycles. The topological polar surface area (TPSA) is 97.8 Å². The predicted octanol–water partition coefficient (Wildman–Crippen LogP) is 2.96. The Kier molecular flexibility index (Phi) is 5.66. The van der Waals surface area contributed by atoms with Gasteiger partial charge in [-0.1, -0.05) is 11.6 Å². The molecule has 4 aromatic rings. The molecule has 0 aliphatic rings. The van der Waals surface area contributed by atoms with Crippen LogP contribution in [0.5, 0.6) is 0 Å². The molecule has 0 spiro atoms. The van der Waals surface area contributed by atoms with Gasteiger partial charge in [0.25, 0.3) is 0 Å². The second kappa shape index (κ2) is 8.23. The van der Waals surface area contributed by atoms with Crippen molar-refractivity contribution in [3.8, 4) is 0 Å². The summed E-state index contributed by atoms with van der Waals surface area (Å²) in [6, 6.07) is 3.95. The van der Waals surface area contributed by atoms with Crippen molar-refractivity contribution in [2.45, 2.75) is 39.9 Å². The van der Waals surface area contributed by atoms with E-state index in [0.29, 0.717) is 24.3 Å². The van der Waals surface area contributed by atoms with Crippen LogP contribution in [-0.4, -0.2) is 23.7 Å². The summed E-state index contributed by atoms with van der Waals surface area (Å²) < 4.78 is 6.31. The highest BCUT2D eigenvalue weighted by molar-refractivity contribution is 9.10. The third-order valence-electron chi connectivity index (χ3n) is 5.20. The molecule has 0 unspecified atom stereocenters. The number of halogens is 2. The Hall–Kier alpha value is -2.65. The first kappa shape index (κ1) is 20.6. The minimum absolute atomic E-state index is 0.0385. The van der Waals surface area contributed by atoms with Gasteiger partial charge in [-0.25, -0.2) is 9.78 Å². The van der Waals surface area contributed by atoms with Crippen LogP contribution in [0.4, 0.5) is 5.95 Å². The zero-order valence-corrected chi connectivity index (χ0v) is 19.0. The van der Waals surface area contributed by atoms with E-state index in [1.807, 2.05) is 44.6 Å². The largest absolute Gasteiger partial charge is 0.368 e. The highest BCUT2D eigenvalue weighted by Crippen LogP contribution is 2.24. The third kappa shape index (κ3) is 3.75. The first-order valence-corrected chi connectivity index (χ1v) is 10.7. The Labute approximate surface area is 186 Å². The second-order valence-electron chi connectivity index (χ2n) is 7.23. The summed E-state index contributed by atoms with van der Waals surface area (Å²) in [7, 11) is 0. The van der Waals surface area contributed by atoms with Gasteiger partial charge in [0, 0.05) is 41.1 Å². The Morgan fingerprint density at radius 2 is 1.90 bits per heavy atom. The van der Waals surface area contributed by atoms with Crippen LogP contribution >= 0.6 is 27.5 Å². The molecule has 0 atom stereocenters. The SMILES string of the molecule is Cc1c[nH+]c(Cn2c(=O)n(CCCn3cccc3)c3c(Cl)nc(N)nc32)c(C)c1Br. The highest BCUT2D eigenvalue weighted by atomic mass is 79.9. The number of pyridine rings is 1. The number of anilines is 1. The van der Waals surface area contributed by atoms with Crippen LogP contribution in [0.25, 0.3) is 11.2 Å². The average molecular weight is 492 g/mol. The second-order valence-corrected chi connectivity index (χ2v) is 8.38. The molecule has 4 heterocycles. The minimum Gasteiger partial charge on any atom is -0.368 e. The van der Waals surface area contributed by atoms with E-state index in [1.165, 1.54) is 0 Å². The van der Waals surface area contributed by atoms with E-state index >= 15 is 0 Å². The average Bonchev–Trinajstić information content (AvgIpc) is 3.30.